The Bertz CT molecular complexity index is 4890. The van der Waals surface area contributed by atoms with Crippen molar-refractivity contribution in [2.75, 3.05) is 0 Å². The Labute approximate surface area is 401 Å². The van der Waals surface area contributed by atoms with Crippen LogP contribution in [0.5, 0.6) is 0 Å². The molecule has 0 bridgehead atoms. The van der Waals surface area contributed by atoms with E-state index in [1.54, 1.807) is 4.57 Å². The maximum atomic E-state index is 9.43. The van der Waals surface area contributed by atoms with Crippen molar-refractivity contribution in [1.29, 1.82) is 0 Å². The van der Waals surface area contributed by atoms with Crippen molar-refractivity contribution in [2.45, 2.75) is 5.92 Å². The van der Waals surface area contributed by atoms with Gasteiger partial charge in [-0.3, -0.25) is 9.13 Å². The number of rotatable bonds is 5. The molecule has 6 nitrogen and oxygen atoms in total. The van der Waals surface area contributed by atoms with E-state index in [-0.39, 0.29) is 65.5 Å². The summed E-state index contributed by atoms with van der Waals surface area (Å²) in [5.74, 6) is -0.428. The molecule has 0 amide bonds. The summed E-state index contributed by atoms with van der Waals surface area (Å²) in [6, 6.07) is 56.9. The molecule has 1 aliphatic carbocycles. The van der Waals surface area contributed by atoms with Gasteiger partial charge in [0.25, 0.3) is 0 Å². The largest absolute Gasteiger partial charge is 0.309 e. The number of fused-ring (bicyclic) bond motifs is 14. The fourth-order valence-corrected chi connectivity index (χ4v) is 10.9. The smallest absolute Gasteiger partial charge is 0.239 e. The van der Waals surface area contributed by atoms with Crippen LogP contribution < -0.4 is 0 Å². The third-order valence-corrected chi connectivity index (χ3v) is 13.8. The molecule has 0 saturated heterocycles. The maximum Gasteiger partial charge on any atom is 0.239 e. The van der Waals surface area contributed by atoms with Gasteiger partial charge in [-0.1, -0.05) is 170 Å². The number of nitrogens with zero attached hydrogens (tertiary/aromatic N) is 6. The summed E-state index contributed by atoms with van der Waals surface area (Å²) in [5.41, 5.74) is 9.73. The minimum atomic E-state index is -0.894. The van der Waals surface area contributed by atoms with E-state index in [9.17, 15) is 5.48 Å². The molecule has 1 aliphatic rings. The van der Waals surface area contributed by atoms with Gasteiger partial charge in [0.05, 0.1) is 50.0 Å². The number of aromatic nitrogens is 6. The highest BCUT2D eigenvalue weighted by atomic mass is 15.3. The zero-order chi connectivity index (χ0) is 51.4. The highest BCUT2D eigenvalue weighted by Crippen LogP contribution is 2.48. The van der Waals surface area contributed by atoms with Gasteiger partial charge in [-0.25, -0.2) is 0 Å². The Morgan fingerprint density at radius 2 is 0.971 bits per heavy atom. The van der Waals surface area contributed by atoms with Crippen molar-refractivity contribution in [1.82, 2.24) is 28.7 Å². The fraction of sp³-hybridized carbons (Fsp3) is 0.0161. The van der Waals surface area contributed by atoms with Gasteiger partial charge >= 0.3 is 0 Å². The molecular weight excluding hydrogens is 829 g/mol. The molecule has 1 atom stereocenters. The molecule has 6 heteroatoms. The van der Waals surface area contributed by atoms with Crippen molar-refractivity contribution in [3.63, 3.8) is 0 Å². The van der Waals surface area contributed by atoms with E-state index < -0.39 is 12.0 Å². The van der Waals surface area contributed by atoms with Gasteiger partial charge in [0.15, 0.2) is 0 Å². The molecule has 15 rings (SSSR count). The number of para-hydroxylation sites is 4. The number of benzene rings is 10. The molecule has 0 spiro atoms. The van der Waals surface area contributed by atoms with Crippen LogP contribution in [0.3, 0.4) is 0 Å². The fourth-order valence-electron chi connectivity index (χ4n) is 10.9. The normalized spacial score (nSPS) is 15.1. The minimum Gasteiger partial charge on any atom is -0.309 e. The summed E-state index contributed by atoms with van der Waals surface area (Å²) >= 11 is 0. The molecule has 14 aromatic rings. The van der Waals surface area contributed by atoms with Crippen molar-refractivity contribution in [2.24, 2.45) is 0 Å². The second-order valence-electron chi connectivity index (χ2n) is 17.3. The van der Waals surface area contributed by atoms with Crippen LogP contribution in [0, 0.1) is 0 Å². The lowest BCUT2D eigenvalue weighted by atomic mass is 9.96. The van der Waals surface area contributed by atoms with Crippen LogP contribution in [0.4, 0.5) is 0 Å². The van der Waals surface area contributed by atoms with Crippen LogP contribution in [-0.2, 0) is 0 Å². The summed E-state index contributed by atoms with van der Waals surface area (Å²) in [7, 11) is 0. The quantitative estimate of drug-likeness (QED) is 0.173. The highest BCUT2D eigenvalue weighted by Gasteiger charge is 2.33. The zero-order valence-corrected chi connectivity index (χ0v) is 36.0. The van der Waals surface area contributed by atoms with Gasteiger partial charge in [-0.2, -0.15) is 15.0 Å². The second-order valence-corrected chi connectivity index (χ2v) is 17.3. The molecular formula is C62H38N6. The lowest BCUT2D eigenvalue weighted by Crippen LogP contribution is -2.15. The van der Waals surface area contributed by atoms with Gasteiger partial charge in [-0.05, 0) is 93.3 Å². The van der Waals surface area contributed by atoms with Crippen LogP contribution in [0.25, 0.3) is 116 Å². The molecule has 0 radical (unpaired) electrons. The average Bonchev–Trinajstić information content (AvgIpc) is 4.38. The Hall–Kier alpha value is -9.13. The molecule has 4 aromatic heterocycles. The number of hydrogen-bond acceptors (Lipinski definition) is 3. The maximum absolute atomic E-state index is 9.43. The minimum absolute atomic E-state index is 0.0674. The summed E-state index contributed by atoms with van der Waals surface area (Å²) in [5, 5.41) is 6.98. The first-order valence-corrected chi connectivity index (χ1v) is 22.6. The highest BCUT2D eigenvalue weighted by molar-refractivity contribution is 6.19. The molecule has 4 heterocycles. The Kier molecular flexibility index (Phi) is 6.29. The van der Waals surface area contributed by atoms with E-state index in [0.717, 1.165) is 71.2 Å². The Balaban J connectivity index is 1.04. The molecule has 0 N–H and O–H groups in total. The third-order valence-electron chi connectivity index (χ3n) is 13.8. The van der Waals surface area contributed by atoms with E-state index in [0.29, 0.717) is 38.5 Å². The first kappa shape index (κ1) is 30.1. The van der Waals surface area contributed by atoms with Gasteiger partial charge in [-0.15, -0.1) is 0 Å². The molecule has 1 unspecified atom stereocenters. The molecule has 10 aromatic carbocycles. The first-order valence-electron chi connectivity index (χ1n) is 26.6. The van der Waals surface area contributed by atoms with Crippen LogP contribution in [-0.4, -0.2) is 28.7 Å². The molecule has 0 fully saturated rings. The van der Waals surface area contributed by atoms with Gasteiger partial charge in [0, 0.05) is 43.4 Å². The SMILES string of the molecule is [2H]c1c([2H])c([2H])c2c(c1[2H])-c1ccccc1C2c1nc(-n2c3ccccc3c3c([2H])c([2H])c([2H])c([2H])c32)nc(-n2c3ccc(-c4ccc5c(c4)c4ccccc4n5-c4ccccc4)cc3c3ccc4ccccc4c32)n1. The molecule has 0 saturated carbocycles. The monoisotopic (exact) mass is 874 g/mol. The van der Waals surface area contributed by atoms with E-state index in [1.807, 2.05) is 71.3 Å². The van der Waals surface area contributed by atoms with Gasteiger partial charge < -0.3 is 4.57 Å². The molecule has 68 heavy (non-hydrogen) atoms. The van der Waals surface area contributed by atoms with E-state index in [1.165, 1.54) is 0 Å². The van der Waals surface area contributed by atoms with E-state index >= 15 is 0 Å². The first-order chi connectivity index (χ1) is 37.1. The lowest BCUT2D eigenvalue weighted by molar-refractivity contribution is 0.793. The Morgan fingerprint density at radius 1 is 0.368 bits per heavy atom. The van der Waals surface area contributed by atoms with Crippen molar-refractivity contribution >= 4 is 76.2 Å². The topological polar surface area (TPSA) is 53.5 Å². The standard InChI is InChI=1S/C62H38N6/c1-2-17-41(18-3-1)66-53-27-13-12-24-47(53)51-36-39(31-34-56(51)66)40-32-35-57-52(37-40)50-33-30-38-16-4-5-19-42(38)59(50)68(57)62-64-60(58-48-25-8-6-20-43(48)44-21-7-9-26-49(44)58)63-61(65-62)67-54-28-14-10-22-45(54)46-23-11-15-29-55(46)67/h1-37,58H/i6D,8D,10D,14D,20D,22D,25D,28D. The van der Waals surface area contributed by atoms with Gasteiger partial charge in [0.2, 0.25) is 11.9 Å². The van der Waals surface area contributed by atoms with Crippen LogP contribution in [0.2, 0.25) is 0 Å². The summed E-state index contributed by atoms with van der Waals surface area (Å²) in [4.78, 5) is 16.1. The molecule has 316 valence electrons. The van der Waals surface area contributed by atoms with E-state index in [4.69, 9.17) is 20.4 Å². The number of hydrogen-bond donors (Lipinski definition) is 0. The average molecular weight is 875 g/mol. The van der Waals surface area contributed by atoms with Crippen molar-refractivity contribution < 1.29 is 11.0 Å². The second kappa shape index (κ2) is 14.2. The van der Waals surface area contributed by atoms with Crippen molar-refractivity contribution in [3.05, 3.63) is 241 Å². The summed E-state index contributed by atoms with van der Waals surface area (Å²) in [6.07, 6.45) is 0. The predicted molar refractivity (Wildman–Crippen MR) is 279 cm³/mol. The molecule has 0 aliphatic heterocycles. The zero-order valence-electron chi connectivity index (χ0n) is 44.0. The van der Waals surface area contributed by atoms with Crippen LogP contribution >= 0.6 is 0 Å². The summed E-state index contributed by atoms with van der Waals surface area (Å²) in [6.45, 7) is 0. The van der Waals surface area contributed by atoms with Crippen LogP contribution in [0.1, 0.15) is 33.8 Å². The third kappa shape index (κ3) is 5.25. The van der Waals surface area contributed by atoms with Gasteiger partial charge in [0.1, 0.15) is 5.82 Å². The van der Waals surface area contributed by atoms with E-state index in [2.05, 4.69) is 114 Å². The lowest BCUT2D eigenvalue weighted by Gasteiger charge is -2.17. The predicted octanol–water partition coefficient (Wildman–Crippen LogP) is 15.1. The Morgan fingerprint density at radius 3 is 1.79 bits per heavy atom. The van der Waals surface area contributed by atoms with Crippen LogP contribution in [0.15, 0.2) is 224 Å². The van der Waals surface area contributed by atoms with Crippen molar-refractivity contribution in [3.8, 4) is 39.8 Å². The summed E-state index contributed by atoms with van der Waals surface area (Å²) < 4.78 is 78.5.